The van der Waals surface area contributed by atoms with Crippen LogP contribution in [0.1, 0.15) is 54.7 Å². The molecule has 1 saturated carbocycles. The van der Waals surface area contributed by atoms with Crippen molar-refractivity contribution in [3.63, 3.8) is 0 Å². The summed E-state index contributed by atoms with van der Waals surface area (Å²) in [5, 5.41) is 0. The summed E-state index contributed by atoms with van der Waals surface area (Å²) < 4.78 is 25.7. The number of ether oxygens (including phenoxy) is 2. The summed E-state index contributed by atoms with van der Waals surface area (Å²) in [5.74, 6) is 2.78. The highest BCUT2D eigenvalue weighted by Gasteiger charge is 2.33. The summed E-state index contributed by atoms with van der Waals surface area (Å²) in [7, 11) is 1.58. The van der Waals surface area contributed by atoms with Crippen LogP contribution in [0.3, 0.4) is 0 Å². The van der Waals surface area contributed by atoms with Crippen molar-refractivity contribution in [2.24, 2.45) is 5.92 Å². The highest BCUT2D eigenvalue weighted by atomic mass is 19.1. The van der Waals surface area contributed by atoms with Crippen LogP contribution in [0.25, 0.3) is 11.1 Å². The highest BCUT2D eigenvalue weighted by Crippen LogP contribution is 2.46. The van der Waals surface area contributed by atoms with Crippen LogP contribution in [0.2, 0.25) is 0 Å². The van der Waals surface area contributed by atoms with Gasteiger partial charge >= 0.3 is 0 Å². The summed E-state index contributed by atoms with van der Waals surface area (Å²) >= 11 is 0. The molecule has 0 aromatic heterocycles. The maximum Gasteiger partial charge on any atom is 0.131 e. The molecule has 3 nitrogen and oxygen atoms in total. The third kappa shape index (κ3) is 4.66. The van der Waals surface area contributed by atoms with E-state index in [9.17, 15) is 9.18 Å². The van der Waals surface area contributed by atoms with Gasteiger partial charge in [0.05, 0.1) is 13.7 Å². The predicted octanol–water partition coefficient (Wildman–Crippen LogP) is 6.69. The number of hydrogen-bond acceptors (Lipinski definition) is 3. The number of benzene rings is 3. The molecular formula is C29H29FO3. The molecule has 2 aliphatic rings. The number of Topliss-reactive ketones (excluding diaryl/α,β-unsaturated/α-hetero) is 1. The third-order valence-corrected chi connectivity index (χ3v) is 6.98. The van der Waals surface area contributed by atoms with Crippen LogP contribution in [0.4, 0.5) is 4.39 Å². The maximum absolute atomic E-state index is 14.4. The van der Waals surface area contributed by atoms with E-state index in [2.05, 4.69) is 30.3 Å². The molecule has 3 aromatic rings. The van der Waals surface area contributed by atoms with E-state index in [1.807, 2.05) is 12.1 Å². The van der Waals surface area contributed by atoms with Gasteiger partial charge in [-0.25, -0.2) is 4.39 Å². The molecule has 0 spiro atoms. The van der Waals surface area contributed by atoms with Gasteiger partial charge in [-0.3, -0.25) is 0 Å². The molecule has 33 heavy (non-hydrogen) atoms. The first-order valence-electron chi connectivity index (χ1n) is 11.7. The Labute approximate surface area is 194 Å². The van der Waals surface area contributed by atoms with Crippen molar-refractivity contribution in [3.05, 3.63) is 83.2 Å². The number of halogens is 1. The van der Waals surface area contributed by atoms with E-state index in [4.69, 9.17) is 9.47 Å². The summed E-state index contributed by atoms with van der Waals surface area (Å²) in [4.78, 5) is 11.8. The van der Waals surface area contributed by atoms with E-state index >= 15 is 0 Å². The second-order valence-electron chi connectivity index (χ2n) is 9.40. The fraction of sp³-hybridized carbons (Fsp3) is 0.345. The van der Waals surface area contributed by atoms with Crippen LogP contribution in [-0.2, 0) is 11.2 Å². The first-order chi connectivity index (χ1) is 16.0. The van der Waals surface area contributed by atoms with Gasteiger partial charge in [0.25, 0.3) is 0 Å². The Hall–Kier alpha value is -3.14. The lowest BCUT2D eigenvalue weighted by atomic mass is 9.85. The van der Waals surface area contributed by atoms with Crippen LogP contribution in [-0.4, -0.2) is 19.5 Å². The number of carbonyl (C=O) groups excluding carboxylic acids is 1. The van der Waals surface area contributed by atoms with Crippen LogP contribution in [0.15, 0.2) is 60.7 Å². The lowest BCUT2D eigenvalue weighted by Gasteiger charge is -2.27. The summed E-state index contributed by atoms with van der Waals surface area (Å²) in [5.41, 5.74) is 5.01. The molecule has 0 saturated heterocycles. The molecule has 0 radical (unpaired) electrons. The zero-order chi connectivity index (χ0) is 22.9. The van der Waals surface area contributed by atoms with E-state index < -0.39 is 0 Å². The minimum absolute atomic E-state index is 0.240. The summed E-state index contributed by atoms with van der Waals surface area (Å²) in [6, 6.07) is 19.3. The molecule has 1 aliphatic heterocycles. The van der Waals surface area contributed by atoms with Gasteiger partial charge in [-0.2, -0.15) is 0 Å². The number of rotatable bonds is 7. The van der Waals surface area contributed by atoms with Gasteiger partial charge in [0, 0.05) is 17.9 Å². The van der Waals surface area contributed by atoms with E-state index in [-0.39, 0.29) is 17.5 Å². The average molecular weight is 445 g/mol. The molecule has 0 amide bonds. The molecule has 1 fully saturated rings. The molecular weight excluding hydrogens is 415 g/mol. The Kier molecular flexibility index (Phi) is 5.92. The first-order valence-corrected chi connectivity index (χ1v) is 11.7. The maximum atomic E-state index is 14.4. The molecule has 1 aliphatic carbocycles. The molecule has 2 unspecified atom stereocenters. The number of ketones is 1. The minimum atomic E-state index is -0.262. The standard InChI is InChI=1S/C29H29FO3/c1-18(31)13-26(20-7-8-20)22-9-12-29-23(14-22)15-24(17-33-29)19-3-5-21(6-4-19)27-16-25(32-2)10-11-28(27)30/h3-6,9-12,14,16,20,24,26H,7-8,13,15,17H2,1-2H3. The summed E-state index contributed by atoms with van der Waals surface area (Å²) in [6.45, 7) is 2.31. The Morgan fingerprint density at radius 1 is 1.09 bits per heavy atom. The number of hydrogen-bond donors (Lipinski definition) is 0. The number of fused-ring (bicyclic) bond motifs is 1. The van der Waals surface area contributed by atoms with Crippen molar-refractivity contribution in [2.75, 3.05) is 13.7 Å². The Balaban J connectivity index is 1.36. The van der Waals surface area contributed by atoms with E-state index in [1.54, 1.807) is 26.2 Å². The first kappa shape index (κ1) is 21.7. The SMILES string of the molecule is COc1ccc(F)c(-c2ccc(C3COc4ccc(C(CC(C)=O)C5CC5)cc4C3)cc2)c1. The number of carbonyl (C=O) groups is 1. The van der Waals surface area contributed by atoms with Crippen LogP contribution >= 0.6 is 0 Å². The van der Waals surface area contributed by atoms with Crippen molar-refractivity contribution >= 4 is 5.78 Å². The van der Waals surface area contributed by atoms with Gasteiger partial charge in [0.15, 0.2) is 0 Å². The van der Waals surface area contributed by atoms with Gasteiger partial charge < -0.3 is 14.3 Å². The Morgan fingerprint density at radius 3 is 2.58 bits per heavy atom. The second-order valence-corrected chi connectivity index (χ2v) is 9.40. The van der Waals surface area contributed by atoms with E-state index in [0.717, 1.165) is 17.7 Å². The van der Waals surface area contributed by atoms with Crippen molar-refractivity contribution < 1.29 is 18.7 Å². The third-order valence-electron chi connectivity index (χ3n) is 6.98. The molecule has 0 bridgehead atoms. The predicted molar refractivity (Wildman–Crippen MR) is 128 cm³/mol. The zero-order valence-electron chi connectivity index (χ0n) is 19.1. The fourth-order valence-corrected chi connectivity index (χ4v) is 5.01. The van der Waals surface area contributed by atoms with Crippen LogP contribution in [0, 0.1) is 11.7 Å². The fourth-order valence-electron chi connectivity index (χ4n) is 5.01. The lowest BCUT2D eigenvalue weighted by Crippen LogP contribution is -2.19. The van der Waals surface area contributed by atoms with Gasteiger partial charge in [-0.05, 0) is 84.5 Å². The van der Waals surface area contributed by atoms with E-state index in [1.165, 1.54) is 35.6 Å². The van der Waals surface area contributed by atoms with Crippen molar-refractivity contribution in [1.82, 2.24) is 0 Å². The Bertz CT molecular complexity index is 1160. The number of methoxy groups -OCH3 is 1. The highest BCUT2D eigenvalue weighted by molar-refractivity contribution is 5.76. The molecule has 2 atom stereocenters. The monoisotopic (exact) mass is 444 g/mol. The molecule has 3 aromatic carbocycles. The van der Waals surface area contributed by atoms with Gasteiger partial charge in [-0.1, -0.05) is 36.4 Å². The minimum Gasteiger partial charge on any atom is -0.497 e. The van der Waals surface area contributed by atoms with Crippen LogP contribution < -0.4 is 9.47 Å². The topological polar surface area (TPSA) is 35.5 Å². The van der Waals surface area contributed by atoms with Crippen molar-refractivity contribution in [3.8, 4) is 22.6 Å². The molecule has 4 heteroatoms. The largest absolute Gasteiger partial charge is 0.497 e. The van der Waals surface area contributed by atoms with Crippen molar-refractivity contribution in [1.29, 1.82) is 0 Å². The molecule has 0 N–H and O–H groups in total. The van der Waals surface area contributed by atoms with Gasteiger partial charge in [-0.15, -0.1) is 0 Å². The van der Waals surface area contributed by atoms with Gasteiger partial charge in [0.2, 0.25) is 0 Å². The van der Waals surface area contributed by atoms with Crippen molar-refractivity contribution in [2.45, 2.75) is 44.4 Å². The molecule has 5 rings (SSSR count). The second kappa shape index (κ2) is 9.01. The Morgan fingerprint density at radius 2 is 1.88 bits per heavy atom. The lowest BCUT2D eigenvalue weighted by molar-refractivity contribution is -0.117. The molecule has 170 valence electrons. The molecule has 1 heterocycles. The summed E-state index contributed by atoms with van der Waals surface area (Å²) in [6.07, 6.45) is 3.95. The van der Waals surface area contributed by atoms with Crippen LogP contribution in [0.5, 0.6) is 11.5 Å². The van der Waals surface area contributed by atoms with E-state index in [0.29, 0.717) is 36.2 Å². The average Bonchev–Trinajstić information content (AvgIpc) is 3.68. The smallest absolute Gasteiger partial charge is 0.131 e. The quantitative estimate of drug-likeness (QED) is 0.407. The normalized spacial score (nSPS) is 18.2. The zero-order valence-corrected chi connectivity index (χ0v) is 19.1. The van der Waals surface area contributed by atoms with Gasteiger partial charge in [0.1, 0.15) is 23.1 Å².